The number of carbonyl (C=O) groups excluding carboxylic acids is 1. The van der Waals surface area contributed by atoms with Gasteiger partial charge in [0, 0.05) is 6.92 Å². The lowest BCUT2D eigenvalue weighted by Gasteiger charge is -2.01. The molecule has 0 fully saturated rings. The zero-order chi connectivity index (χ0) is 16.3. The third-order valence-corrected chi connectivity index (χ3v) is 3.96. The van der Waals surface area contributed by atoms with E-state index in [4.69, 9.17) is 4.74 Å². The first-order valence-electron chi connectivity index (χ1n) is 9.55. The Bertz CT molecular complexity index is 258. The monoisotopic (exact) mass is 310 g/mol. The van der Waals surface area contributed by atoms with Crippen LogP contribution in [0.4, 0.5) is 0 Å². The lowest BCUT2D eigenvalue weighted by molar-refractivity contribution is -0.141. The normalized spacial score (nSPS) is 11.2. The van der Waals surface area contributed by atoms with Gasteiger partial charge in [0.2, 0.25) is 0 Å². The number of rotatable bonds is 16. The van der Waals surface area contributed by atoms with E-state index >= 15 is 0 Å². The third-order valence-electron chi connectivity index (χ3n) is 3.96. The Hall–Kier alpha value is -0.790. The van der Waals surface area contributed by atoms with Crippen LogP contribution in [0, 0.1) is 0 Å². The molecule has 0 aliphatic carbocycles. The molecule has 0 unspecified atom stereocenters. The third kappa shape index (κ3) is 19.2. The van der Waals surface area contributed by atoms with Crippen molar-refractivity contribution in [1.82, 2.24) is 0 Å². The molecule has 0 aromatic carbocycles. The molecule has 0 amide bonds. The van der Waals surface area contributed by atoms with Gasteiger partial charge in [-0.25, -0.2) is 0 Å². The second-order valence-corrected chi connectivity index (χ2v) is 6.28. The maximum Gasteiger partial charge on any atom is 0.302 e. The summed E-state index contributed by atoms with van der Waals surface area (Å²) in [5.74, 6) is -0.161. The molecule has 0 rings (SSSR count). The Morgan fingerprint density at radius 2 is 1.18 bits per heavy atom. The fourth-order valence-corrected chi connectivity index (χ4v) is 2.57. The van der Waals surface area contributed by atoms with Gasteiger partial charge >= 0.3 is 5.97 Å². The SMILES string of the molecule is CCCCCCCCC/C=C/CCCCCCCOC(C)=O. The molecule has 2 heteroatoms. The highest BCUT2D eigenvalue weighted by Crippen LogP contribution is 2.10. The summed E-state index contributed by atoms with van der Waals surface area (Å²) in [4.78, 5) is 10.6. The second kappa shape index (κ2) is 18.3. The van der Waals surface area contributed by atoms with Crippen molar-refractivity contribution in [2.24, 2.45) is 0 Å². The van der Waals surface area contributed by atoms with Crippen LogP contribution in [0.25, 0.3) is 0 Å². The number of hydrogen-bond acceptors (Lipinski definition) is 2. The van der Waals surface area contributed by atoms with Crippen LogP contribution in [-0.2, 0) is 9.53 Å². The standard InChI is InChI=1S/C20H38O2/c1-3-4-5-6-7-8-9-10-11-12-13-14-15-16-17-18-19-22-20(2)21/h11-12H,3-10,13-19H2,1-2H3/b12-11+. The molecule has 0 spiro atoms. The average Bonchev–Trinajstić information content (AvgIpc) is 2.50. The zero-order valence-corrected chi connectivity index (χ0v) is 15.1. The Morgan fingerprint density at radius 3 is 1.68 bits per heavy atom. The van der Waals surface area contributed by atoms with Gasteiger partial charge in [0.05, 0.1) is 6.61 Å². The summed E-state index contributed by atoms with van der Waals surface area (Å²) in [5, 5.41) is 0. The molecule has 0 saturated carbocycles. The van der Waals surface area contributed by atoms with Crippen LogP contribution < -0.4 is 0 Å². The fraction of sp³-hybridized carbons (Fsp3) is 0.850. The minimum atomic E-state index is -0.161. The molecular formula is C20H38O2. The van der Waals surface area contributed by atoms with E-state index in [1.165, 1.54) is 90.4 Å². The van der Waals surface area contributed by atoms with Crippen molar-refractivity contribution in [2.75, 3.05) is 6.61 Å². The average molecular weight is 311 g/mol. The predicted molar refractivity (Wildman–Crippen MR) is 96.1 cm³/mol. The van der Waals surface area contributed by atoms with E-state index in [-0.39, 0.29) is 5.97 Å². The molecule has 130 valence electrons. The molecule has 0 radical (unpaired) electrons. The Morgan fingerprint density at radius 1 is 0.727 bits per heavy atom. The molecule has 0 N–H and O–H groups in total. The molecule has 22 heavy (non-hydrogen) atoms. The smallest absolute Gasteiger partial charge is 0.302 e. The van der Waals surface area contributed by atoms with Crippen LogP contribution in [0.3, 0.4) is 0 Å². The molecule has 0 aromatic heterocycles. The summed E-state index contributed by atoms with van der Waals surface area (Å²) in [6.45, 7) is 4.33. The molecule has 0 aromatic rings. The van der Waals surface area contributed by atoms with E-state index in [2.05, 4.69) is 19.1 Å². The number of hydrogen-bond donors (Lipinski definition) is 0. The number of ether oxygens (including phenoxy) is 1. The lowest BCUT2D eigenvalue weighted by Crippen LogP contribution is -1.99. The van der Waals surface area contributed by atoms with Gasteiger partial charge in [-0.05, 0) is 32.1 Å². The summed E-state index contributed by atoms with van der Waals surface area (Å²) in [5.41, 5.74) is 0. The van der Waals surface area contributed by atoms with Gasteiger partial charge in [-0.2, -0.15) is 0 Å². The van der Waals surface area contributed by atoms with Crippen LogP contribution >= 0.6 is 0 Å². The zero-order valence-electron chi connectivity index (χ0n) is 15.1. The van der Waals surface area contributed by atoms with Crippen molar-refractivity contribution in [3.63, 3.8) is 0 Å². The van der Waals surface area contributed by atoms with Crippen LogP contribution in [0.1, 0.15) is 104 Å². The van der Waals surface area contributed by atoms with Gasteiger partial charge in [0.25, 0.3) is 0 Å². The minimum Gasteiger partial charge on any atom is -0.466 e. The molecule has 2 nitrogen and oxygen atoms in total. The Kier molecular flexibility index (Phi) is 17.6. The maximum absolute atomic E-state index is 10.6. The molecule has 0 aliphatic rings. The number of allylic oxidation sites excluding steroid dienone is 2. The first kappa shape index (κ1) is 21.2. The van der Waals surface area contributed by atoms with Crippen molar-refractivity contribution in [3.8, 4) is 0 Å². The quantitative estimate of drug-likeness (QED) is 0.183. The number of unbranched alkanes of at least 4 members (excludes halogenated alkanes) is 12. The molecule has 0 saturated heterocycles. The van der Waals surface area contributed by atoms with E-state index in [1.807, 2.05) is 0 Å². The fourth-order valence-electron chi connectivity index (χ4n) is 2.57. The van der Waals surface area contributed by atoms with Crippen LogP contribution in [0.5, 0.6) is 0 Å². The molecule has 0 aliphatic heterocycles. The summed E-state index contributed by atoms with van der Waals surface area (Å²) >= 11 is 0. The van der Waals surface area contributed by atoms with Crippen molar-refractivity contribution < 1.29 is 9.53 Å². The molecule has 0 atom stereocenters. The largest absolute Gasteiger partial charge is 0.466 e. The van der Waals surface area contributed by atoms with Gasteiger partial charge in [-0.3, -0.25) is 4.79 Å². The van der Waals surface area contributed by atoms with Crippen LogP contribution in [0.15, 0.2) is 12.2 Å². The number of carbonyl (C=O) groups is 1. The van der Waals surface area contributed by atoms with E-state index in [0.29, 0.717) is 6.61 Å². The number of esters is 1. The first-order chi connectivity index (χ1) is 10.8. The maximum atomic E-state index is 10.6. The summed E-state index contributed by atoms with van der Waals surface area (Å²) < 4.78 is 4.91. The van der Waals surface area contributed by atoms with Gasteiger partial charge in [-0.1, -0.05) is 76.9 Å². The van der Waals surface area contributed by atoms with E-state index < -0.39 is 0 Å². The Balaban J connectivity index is 3.07. The van der Waals surface area contributed by atoms with Crippen molar-refractivity contribution >= 4 is 5.97 Å². The Labute approximate surface area is 138 Å². The van der Waals surface area contributed by atoms with Gasteiger partial charge in [-0.15, -0.1) is 0 Å². The molecular weight excluding hydrogens is 272 g/mol. The predicted octanol–water partition coefficient (Wildman–Crippen LogP) is 6.59. The minimum absolute atomic E-state index is 0.161. The van der Waals surface area contributed by atoms with Gasteiger partial charge < -0.3 is 4.74 Å². The van der Waals surface area contributed by atoms with Crippen molar-refractivity contribution in [3.05, 3.63) is 12.2 Å². The van der Waals surface area contributed by atoms with Gasteiger partial charge in [0.15, 0.2) is 0 Å². The molecule has 0 bridgehead atoms. The van der Waals surface area contributed by atoms with Crippen LogP contribution in [-0.4, -0.2) is 12.6 Å². The van der Waals surface area contributed by atoms with Crippen LogP contribution in [0.2, 0.25) is 0 Å². The van der Waals surface area contributed by atoms with E-state index in [1.54, 1.807) is 0 Å². The first-order valence-corrected chi connectivity index (χ1v) is 9.55. The highest BCUT2D eigenvalue weighted by atomic mass is 16.5. The lowest BCUT2D eigenvalue weighted by atomic mass is 10.1. The second-order valence-electron chi connectivity index (χ2n) is 6.28. The van der Waals surface area contributed by atoms with Gasteiger partial charge in [0.1, 0.15) is 0 Å². The topological polar surface area (TPSA) is 26.3 Å². The van der Waals surface area contributed by atoms with Crippen molar-refractivity contribution in [1.29, 1.82) is 0 Å². The highest BCUT2D eigenvalue weighted by Gasteiger charge is 1.93. The van der Waals surface area contributed by atoms with E-state index in [0.717, 1.165) is 6.42 Å². The summed E-state index contributed by atoms with van der Waals surface area (Å²) in [6.07, 6.45) is 23.0. The summed E-state index contributed by atoms with van der Waals surface area (Å²) in [7, 11) is 0. The molecule has 0 heterocycles. The van der Waals surface area contributed by atoms with Crippen molar-refractivity contribution in [2.45, 2.75) is 104 Å². The summed E-state index contributed by atoms with van der Waals surface area (Å²) in [6, 6.07) is 0. The highest BCUT2D eigenvalue weighted by molar-refractivity contribution is 5.65. The van der Waals surface area contributed by atoms with E-state index in [9.17, 15) is 4.79 Å².